The number of hydrogen-bond acceptors (Lipinski definition) is 2. The molecule has 2 nitrogen and oxygen atoms in total. The first-order valence-corrected chi connectivity index (χ1v) is 5.58. The van der Waals surface area contributed by atoms with Crippen molar-refractivity contribution >= 4 is 0 Å². The third-order valence-electron chi connectivity index (χ3n) is 3.12. The van der Waals surface area contributed by atoms with E-state index in [1.807, 2.05) is 0 Å². The Bertz CT molecular complexity index is 168. The maximum Gasteiger partial charge on any atom is 0.0995 e. The van der Waals surface area contributed by atoms with E-state index in [4.69, 9.17) is 0 Å². The summed E-state index contributed by atoms with van der Waals surface area (Å²) in [5.74, 6) is 1.50. The summed E-state index contributed by atoms with van der Waals surface area (Å²) in [5.41, 5.74) is 0. The molecule has 2 fully saturated rings. The summed E-state index contributed by atoms with van der Waals surface area (Å²) in [5, 5.41) is 0. The molecule has 0 unspecified atom stereocenters. The van der Waals surface area contributed by atoms with Crippen LogP contribution in [0.3, 0.4) is 0 Å². The first kappa shape index (κ1) is 8.92. The summed E-state index contributed by atoms with van der Waals surface area (Å²) in [6, 6.07) is 0. The summed E-state index contributed by atoms with van der Waals surface area (Å²) in [6.07, 6.45) is 7.81. The number of likely N-dealkylation sites (tertiary alicyclic amines) is 2. The second kappa shape index (κ2) is 4.03. The van der Waals surface area contributed by atoms with Crippen LogP contribution in [0.4, 0.5) is 0 Å². The van der Waals surface area contributed by atoms with Crippen LogP contribution in [0.1, 0.15) is 32.6 Å². The molecule has 0 aromatic rings. The van der Waals surface area contributed by atoms with Crippen LogP contribution in [0, 0.1) is 0 Å². The number of hydrogen-bond donors (Lipinski definition) is 0. The molecule has 2 aliphatic heterocycles. The maximum absolute atomic E-state index is 2.55. The molecule has 0 aromatic heterocycles. The van der Waals surface area contributed by atoms with Gasteiger partial charge in [0, 0.05) is 26.2 Å². The minimum Gasteiger partial charge on any atom is -0.359 e. The predicted molar refractivity (Wildman–Crippen MR) is 55.4 cm³/mol. The van der Waals surface area contributed by atoms with Crippen molar-refractivity contribution in [2.45, 2.75) is 32.6 Å². The Hall–Kier alpha value is -0.660. The quantitative estimate of drug-likeness (QED) is 0.641. The van der Waals surface area contributed by atoms with Crippen LogP contribution in [-0.2, 0) is 0 Å². The Morgan fingerprint density at radius 1 is 0.846 bits per heavy atom. The Labute approximate surface area is 81.2 Å². The zero-order chi connectivity index (χ0) is 9.10. The number of allylic oxidation sites excluding steroid dienone is 1. The lowest BCUT2D eigenvalue weighted by Gasteiger charge is -2.30. The third kappa shape index (κ3) is 1.82. The number of nitrogens with zero attached hydrogens (tertiary/aromatic N) is 2. The lowest BCUT2D eigenvalue weighted by Crippen LogP contribution is -2.31. The van der Waals surface area contributed by atoms with Crippen molar-refractivity contribution in [1.82, 2.24) is 9.80 Å². The monoisotopic (exact) mass is 180 g/mol. The van der Waals surface area contributed by atoms with Gasteiger partial charge in [-0.15, -0.1) is 0 Å². The second-order valence-corrected chi connectivity index (χ2v) is 4.04. The van der Waals surface area contributed by atoms with Crippen LogP contribution in [0.25, 0.3) is 0 Å². The molecule has 2 heteroatoms. The van der Waals surface area contributed by atoms with Gasteiger partial charge in [-0.3, -0.25) is 0 Å². The van der Waals surface area contributed by atoms with Gasteiger partial charge in [-0.25, -0.2) is 0 Å². The Balaban J connectivity index is 1.99. The van der Waals surface area contributed by atoms with Crippen molar-refractivity contribution < 1.29 is 0 Å². The predicted octanol–water partition coefficient (Wildman–Crippen LogP) is 2.04. The molecule has 0 aromatic carbocycles. The molecule has 13 heavy (non-hydrogen) atoms. The summed E-state index contributed by atoms with van der Waals surface area (Å²) in [6.45, 7) is 7.27. The van der Waals surface area contributed by atoms with Gasteiger partial charge in [0.05, 0.1) is 5.82 Å². The van der Waals surface area contributed by atoms with Gasteiger partial charge in [-0.05, 0) is 38.7 Å². The largest absolute Gasteiger partial charge is 0.359 e. The summed E-state index contributed by atoms with van der Waals surface area (Å²) in [7, 11) is 0. The first-order valence-electron chi connectivity index (χ1n) is 5.58. The molecule has 0 atom stereocenters. The van der Waals surface area contributed by atoms with Crippen LogP contribution < -0.4 is 0 Å². The highest BCUT2D eigenvalue weighted by Gasteiger charge is 2.21. The van der Waals surface area contributed by atoms with Gasteiger partial charge >= 0.3 is 0 Å². The Morgan fingerprint density at radius 2 is 1.23 bits per heavy atom. The average Bonchev–Trinajstić information content (AvgIpc) is 2.76. The minimum atomic E-state index is 1.27. The van der Waals surface area contributed by atoms with Gasteiger partial charge in [0.2, 0.25) is 0 Å². The molecule has 0 aliphatic carbocycles. The molecule has 0 spiro atoms. The molecule has 0 N–H and O–H groups in total. The highest BCUT2D eigenvalue weighted by Crippen LogP contribution is 2.21. The molecule has 2 heterocycles. The van der Waals surface area contributed by atoms with Gasteiger partial charge in [0.25, 0.3) is 0 Å². The van der Waals surface area contributed by atoms with E-state index in [0.717, 1.165) is 0 Å². The molecule has 0 amide bonds. The van der Waals surface area contributed by atoms with Gasteiger partial charge in [0.15, 0.2) is 0 Å². The molecular weight excluding hydrogens is 160 g/mol. The standard InChI is InChI=1S/C11H20N2/c1-2-11(12-7-3-4-8-12)13-9-5-6-10-13/h2H,3-10H2,1H3. The van der Waals surface area contributed by atoms with E-state index in [1.165, 1.54) is 57.7 Å². The first-order chi connectivity index (χ1) is 6.42. The highest BCUT2D eigenvalue weighted by molar-refractivity contribution is 5.02. The highest BCUT2D eigenvalue weighted by atomic mass is 15.3. The smallest absolute Gasteiger partial charge is 0.0995 e. The average molecular weight is 180 g/mol. The molecule has 2 saturated heterocycles. The van der Waals surface area contributed by atoms with Crippen molar-refractivity contribution in [3.05, 3.63) is 11.9 Å². The van der Waals surface area contributed by atoms with Gasteiger partial charge < -0.3 is 9.80 Å². The van der Waals surface area contributed by atoms with Crippen LogP contribution in [0.15, 0.2) is 11.9 Å². The van der Waals surface area contributed by atoms with Crippen LogP contribution in [0.2, 0.25) is 0 Å². The topological polar surface area (TPSA) is 6.48 Å². The lowest BCUT2D eigenvalue weighted by molar-refractivity contribution is 0.269. The summed E-state index contributed by atoms with van der Waals surface area (Å²) in [4.78, 5) is 5.09. The van der Waals surface area contributed by atoms with Gasteiger partial charge in [-0.1, -0.05) is 0 Å². The van der Waals surface area contributed by atoms with Gasteiger partial charge in [0.1, 0.15) is 0 Å². The fraction of sp³-hybridized carbons (Fsp3) is 0.818. The fourth-order valence-electron chi connectivity index (χ4n) is 2.46. The van der Waals surface area contributed by atoms with Crippen LogP contribution in [0.5, 0.6) is 0 Å². The van der Waals surface area contributed by atoms with E-state index in [1.54, 1.807) is 0 Å². The normalized spacial score (nSPS) is 22.5. The van der Waals surface area contributed by atoms with E-state index >= 15 is 0 Å². The molecule has 2 aliphatic rings. The van der Waals surface area contributed by atoms with Crippen LogP contribution >= 0.6 is 0 Å². The zero-order valence-electron chi connectivity index (χ0n) is 8.63. The second-order valence-electron chi connectivity index (χ2n) is 4.04. The summed E-state index contributed by atoms with van der Waals surface area (Å²) < 4.78 is 0. The van der Waals surface area contributed by atoms with Crippen molar-refractivity contribution in [2.75, 3.05) is 26.2 Å². The molecule has 0 bridgehead atoms. The molecular formula is C11H20N2. The third-order valence-corrected chi connectivity index (χ3v) is 3.12. The van der Waals surface area contributed by atoms with Crippen molar-refractivity contribution in [2.24, 2.45) is 0 Å². The van der Waals surface area contributed by atoms with E-state index in [2.05, 4.69) is 22.8 Å². The van der Waals surface area contributed by atoms with E-state index in [9.17, 15) is 0 Å². The number of rotatable bonds is 2. The van der Waals surface area contributed by atoms with E-state index in [0.29, 0.717) is 0 Å². The minimum absolute atomic E-state index is 1.27. The molecule has 0 saturated carbocycles. The Kier molecular flexibility index (Phi) is 2.77. The fourth-order valence-corrected chi connectivity index (χ4v) is 2.46. The molecule has 0 radical (unpaired) electrons. The van der Waals surface area contributed by atoms with Crippen molar-refractivity contribution in [3.63, 3.8) is 0 Å². The SMILES string of the molecule is CC=C(N1CCCC1)N1CCCC1. The van der Waals surface area contributed by atoms with Gasteiger partial charge in [-0.2, -0.15) is 0 Å². The van der Waals surface area contributed by atoms with Crippen molar-refractivity contribution in [3.8, 4) is 0 Å². The zero-order valence-corrected chi connectivity index (χ0v) is 8.63. The maximum atomic E-state index is 2.55. The van der Waals surface area contributed by atoms with Crippen molar-refractivity contribution in [1.29, 1.82) is 0 Å². The van der Waals surface area contributed by atoms with E-state index < -0.39 is 0 Å². The molecule has 2 rings (SSSR count). The molecule has 74 valence electrons. The Morgan fingerprint density at radius 3 is 1.54 bits per heavy atom. The summed E-state index contributed by atoms with van der Waals surface area (Å²) >= 11 is 0. The van der Waals surface area contributed by atoms with Crippen LogP contribution in [-0.4, -0.2) is 36.0 Å². The lowest BCUT2D eigenvalue weighted by atomic mass is 10.4. The van der Waals surface area contributed by atoms with E-state index in [-0.39, 0.29) is 0 Å².